The average Bonchev–Trinajstić information content (AvgIpc) is 2.36. The molecule has 0 saturated carbocycles. The van der Waals surface area contributed by atoms with Crippen molar-refractivity contribution in [2.45, 2.75) is 32.1 Å². The molecular formula is C13H17F3N2O. The molecule has 2 unspecified atom stereocenters. The third-order valence-electron chi connectivity index (χ3n) is 2.88. The largest absolute Gasteiger partial charge is 0.416 e. The number of carbonyl (C=O) groups is 1. The first kappa shape index (κ1) is 15.5. The van der Waals surface area contributed by atoms with Crippen LogP contribution in [0, 0.1) is 0 Å². The summed E-state index contributed by atoms with van der Waals surface area (Å²) in [4.78, 5) is 11.3. The van der Waals surface area contributed by atoms with E-state index < -0.39 is 17.8 Å². The van der Waals surface area contributed by atoms with E-state index in [1.807, 2.05) is 0 Å². The van der Waals surface area contributed by atoms with E-state index in [1.165, 1.54) is 19.2 Å². The maximum Gasteiger partial charge on any atom is 0.416 e. The molecule has 0 saturated heterocycles. The Labute approximate surface area is 110 Å². The number of nitrogens with one attached hydrogen (secondary N) is 2. The van der Waals surface area contributed by atoms with Crippen molar-refractivity contribution in [3.05, 3.63) is 35.4 Å². The number of benzene rings is 1. The lowest BCUT2D eigenvalue weighted by atomic mass is 10.0. The maximum absolute atomic E-state index is 12.4. The van der Waals surface area contributed by atoms with Crippen LogP contribution >= 0.6 is 0 Å². The van der Waals surface area contributed by atoms with Crippen LogP contribution < -0.4 is 10.6 Å². The lowest BCUT2D eigenvalue weighted by molar-refractivity contribution is -0.137. The Hall–Kier alpha value is -1.56. The van der Waals surface area contributed by atoms with Gasteiger partial charge in [0.2, 0.25) is 5.91 Å². The van der Waals surface area contributed by atoms with Gasteiger partial charge in [-0.05, 0) is 31.5 Å². The quantitative estimate of drug-likeness (QED) is 0.885. The first-order valence-corrected chi connectivity index (χ1v) is 5.90. The van der Waals surface area contributed by atoms with Crippen LogP contribution in [-0.2, 0) is 11.0 Å². The van der Waals surface area contributed by atoms with Gasteiger partial charge in [-0.3, -0.25) is 10.1 Å². The van der Waals surface area contributed by atoms with Crippen molar-refractivity contribution in [1.29, 1.82) is 0 Å². The number of likely N-dealkylation sites (N-methyl/N-ethyl adjacent to an activating group) is 1. The van der Waals surface area contributed by atoms with E-state index in [2.05, 4.69) is 10.6 Å². The molecule has 1 rings (SSSR count). The summed E-state index contributed by atoms with van der Waals surface area (Å²) in [5, 5.41) is 5.51. The summed E-state index contributed by atoms with van der Waals surface area (Å²) in [5.74, 6) is -0.168. The van der Waals surface area contributed by atoms with Crippen molar-refractivity contribution in [3.8, 4) is 0 Å². The summed E-state index contributed by atoms with van der Waals surface area (Å²) < 4.78 is 37.2. The lowest BCUT2D eigenvalue weighted by Crippen LogP contribution is -2.41. The van der Waals surface area contributed by atoms with Gasteiger partial charge in [0.05, 0.1) is 11.6 Å². The molecular weight excluding hydrogens is 257 g/mol. The number of rotatable bonds is 4. The van der Waals surface area contributed by atoms with Crippen LogP contribution in [0.5, 0.6) is 0 Å². The standard InChI is InChI=1S/C13H17F3N2O/c1-8(18-9(2)12(19)17-3)10-4-6-11(7-5-10)13(14,15)16/h4-9,18H,1-3H3,(H,17,19). The number of amides is 1. The van der Waals surface area contributed by atoms with Crippen LogP contribution in [0.15, 0.2) is 24.3 Å². The van der Waals surface area contributed by atoms with E-state index in [0.717, 1.165) is 12.1 Å². The summed E-state index contributed by atoms with van der Waals surface area (Å²) in [7, 11) is 1.53. The molecule has 0 aliphatic heterocycles. The highest BCUT2D eigenvalue weighted by Crippen LogP contribution is 2.29. The zero-order valence-corrected chi connectivity index (χ0v) is 11.0. The van der Waals surface area contributed by atoms with E-state index in [9.17, 15) is 18.0 Å². The average molecular weight is 274 g/mol. The van der Waals surface area contributed by atoms with Gasteiger partial charge >= 0.3 is 6.18 Å². The van der Waals surface area contributed by atoms with E-state index in [-0.39, 0.29) is 11.9 Å². The smallest absolute Gasteiger partial charge is 0.358 e. The number of hydrogen-bond acceptors (Lipinski definition) is 2. The van der Waals surface area contributed by atoms with Gasteiger partial charge in [0.1, 0.15) is 0 Å². The van der Waals surface area contributed by atoms with Crippen molar-refractivity contribution in [3.63, 3.8) is 0 Å². The van der Waals surface area contributed by atoms with Crippen molar-refractivity contribution in [2.24, 2.45) is 0 Å². The monoisotopic (exact) mass is 274 g/mol. The molecule has 0 aliphatic rings. The van der Waals surface area contributed by atoms with Gasteiger partial charge in [-0.2, -0.15) is 13.2 Å². The van der Waals surface area contributed by atoms with Gasteiger partial charge in [-0.15, -0.1) is 0 Å². The highest BCUT2D eigenvalue weighted by atomic mass is 19.4. The lowest BCUT2D eigenvalue weighted by Gasteiger charge is -2.19. The summed E-state index contributed by atoms with van der Waals surface area (Å²) in [6, 6.07) is 4.28. The SMILES string of the molecule is CNC(=O)C(C)NC(C)c1ccc(C(F)(F)F)cc1. The van der Waals surface area contributed by atoms with Gasteiger partial charge in [-0.25, -0.2) is 0 Å². The molecule has 19 heavy (non-hydrogen) atoms. The van der Waals surface area contributed by atoms with Gasteiger partial charge in [0.15, 0.2) is 0 Å². The van der Waals surface area contributed by atoms with Crippen LogP contribution in [0.2, 0.25) is 0 Å². The predicted molar refractivity (Wildman–Crippen MR) is 66.5 cm³/mol. The number of carbonyl (C=O) groups excluding carboxylic acids is 1. The fraction of sp³-hybridized carbons (Fsp3) is 0.462. The van der Waals surface area contributed by atoms with Crippen LogP contribution in [0.1, 0.15) is 31.0 Å². The molecule has 1 aromatic rings. The van der Waals surface area contributed by atoms with Crippen molar-refractivity contribution < 1.29 is 18.0 Å². The van der Waals surface area contributed by atoms with E-state index in [4.69, 9.17) is 0 Å². The number of hydrogen-bond donors (Lipinski definition) is 2. The Bertz CT molecular complexity index is 429. The Kier molecular flexibility index (Phi) is 4.94. The number of halogens is 3. The first-order valence-electron chi connectivity index (χ1n) is 5.90. The fourth-order valence-electron chi connectivity index (χ4n) is 1.72. The molecule has 6 heteroatoms. The minimum atomic E-state index is -4.33. The van der Waals surface area contributed by atoms with E-state index in [0.29, 0.717) is 5.56 Å². The Balaban J connectivity index is 2.73. The molecule has 0 fully saturated rings. The van der Waals surface area contributed by atoms with Crippen molar-refractivity contribution in [2.75, 3.05) is 7.05 Å². The third-order valence-corrected chi connectivity index (χ3v) is 2.88. The number of alkyl halides is 3. The molecule has 2 N–H and O–H groups in total. The Morgan fingerprint density at radius 2 is 1.68 bits per heavy atom. The molecule has 0 aliphatic carbocycles. The highest BCUT2D eigenvalue weighted by Gasteiger charge is 2.30. The Morgan fingerprint density at radius 3 is 2.11 bits per heavy atom. The molecule has 2 atom stereocenters. The van der Waals surface area contributed by atoms with Crippen LogP contribution in [0.3, 0.4) is 0 Å². The van der Waals surface area contributed by atoms with Crippen LogP contribution in [0.4, 0.5) is 13.2 Å². The fourth-order valence-corrected chi connectivity index (χ4v) is 1.72. The summed E-state index contributed by atoms with van der Waals surface area (Å²) in [5.41, 5.74) is 0.0200. The van der Waals surface area contributed by atoms with E-state index in [1.54, 1.807) is 13.8 Å². The second kappa shape index (κ2) is 6.06. The zero-order valence-electron chi connectivity index (χ0n) is 11.0. The summed E-state index contributed by atoms with van der Waals surface area (Å²) in [6.45, 7) is 3.49. The van der Waals surface area contributed by atoms with Gasteiger partial charge in [0.25, 0.3) is 0 Å². The van der Waals surface area contributed by atoms with Gasteiger partial charge in [-0.1, -0.05) is 12.1 Å². The topological polar surface area (TPSA) is 41.1 Å². The minimum absolute atomic E-state index is 0.168. The molecule has 1 amide bonds. The third kappa shape index (κ3) is 4.24. The first-order chi connectivity index (χ1) is 8.75. The van der Waals surface area contributed by atoms with Crippen LogP contribution in [0.25, 0.3) is 0 Å². The zero-order chi connectivity index (χ0) is 14.6. The molecule has 0 aromatic heterocycles. The molecule has 106 valence electrons. The second-order valence-electron chi connectivity index (χ2n) is 4.34. The molecule has 0 spiro atoms. The van der Waals surface area contributed by atoms with Gasteiger partial charge < -0.3 is 5.32 Å². The molecule has 0 radical (unpaired) electrons. The van der Waals surface area contributed by atoms with E-state index >= 15 is 0 Å². The van der Waals surface area contributed by atoms with Gasteiger partial charge in [0, 0.05) is 13.1 Å². The minimum Gasteiger partial charge on any atom is -0.358 e. The maximum atomic E-state index is 12.4. The summed E-state index contributed by atoms with van der Waals surface area (Å²) in [6.07, 6.45) is -4.33. The normalized spacial score (nSPS) is 14.8. The van der Waals surface area contributed by atoms with Crippen LogP contribution in [-0.4, -0.2) is 19.0 Å². The molecule has 3 nitrogen and oxygen atoms in total. The molecule has 0 bridgehead atoms. The highest BCUT2D eigenvalue weighted by molar-refractivity contribution is 5.80. The predicted octanol–water partition coefficient (Wildman–Crippen LogP) is 2.49. The van der Waals surface area contributed by atoms with Crippen molar-refractivity contribution in [1.82, 2.24) is 10.6 Å². The second-order valence-corrected chi connectivity index (χ2v) is 4.34. The molecule has 0 heterocycles. The Morgan fingerprint density at radius 1 is 1.16 bits per heavy atom. The summed E-state index contributed by atoms with van der Waals surface area (Å²) >= 11 is 0. The molecule has 1 aromatic carbocycles. The van der Waals surface area contributed by atoms with Crippen molar-refractivity contribution >= 4 is 5.91 Å².